The van der Waals surface area contributed by atoms with E-state index in [1.54, 1.807) is 12.1 Å². The third-order valence-electron chi connectivity index (χ3n) is 4.67. The van der Waals surface area contributed by atoms with E-state index in [1.165, 1.54) is 21.9 Å². The Labute approximate surface area is 153 Å². The molecule has 3 rings (SSSR count). The molecule has 1 saturated heterocycles. The number of nitrogens with one attached hydrogen (secondary N) is 3. The third kappa shape index (κ3) is 5.82. The highest BCUT2D eigenvalue weighted by molar-refractivity contribution is 5.91. The van der Waals surface area contributed by atoms with E-state index < -0.39 is 0 Å². The number of ether oxygens (including phenoxy) is 1. The second-order valence-electron chi connectivity index (χ2n) is 6.64. The van der Waals surface area contributed by atoms with Crippen molar-refractivity contribution in [1.82, 2.24) is 0 Å². The number of amides is 1. The van der Waals surface area contributed by atoms with Crippen molar-refractivity contribution in [3.8, 4) is 5.75 Å². The van der Waals surface area contributed by atoms with Crippen LogP contribution in [-0.2, 0) is 4.79 Å². The number of para-hydroxylation sites is 1. The van der Waals surface area contributed by atoms with Crippen LogP contribution in [0.4, 0.5) is 10.1 Å². The molecule has 0 radical (unpaired) electrons. The van der Waals surface area contributed by atoms with Crippen molar-refractivity contribution in [3.63, 3.8) is 0 Å². The van der Waals surface area contributed by atoms with Crippen LogP contribution in [0.25, 0.3) is 0 Å². The Morgan fingerprint density at radius 3 is 2.31 bits per heavy atom. The van der Waals surface area contributed by atoms with Crippen LogP contribution in [0.15, 0.2) is 54.6 Å². The maximum absolute atomic E-state index is 12.9. The Hall–Kier alpha value is -2.44. The second kappa shape index (κ2) is 9.31. The normalized spacial score (nSPS) is 19.7. The van der Waals surface area contributed by atoms with Crippen LogP contribution < -0.4 is 19.9 Å². The van der Waals surface area contributed by atoms with E-state index in [1.807, 2.05) is 30.3 Å². The average molecular weight is 359 g/mol. The Kier molecular flexibility index (Phi) is 6.57. The molecule has 5 nitrogen and oxygen atoms in total. The van der Waals surface area contributed by atoms with Gasteiger partial charge in [0.15, 0.2) is 6.54 Å². The van der Waals surface area contributed by atoms with Crippen molar-refractivity contribution >= 4 is 11.6 Å². The molecular formula is C20H26FN3O2+2. The fourth-order valence-electron chi connectivity index (χ4n) is 3.18. The molecule has 1 aliphatic rings. The Morgan fingerprint density at radius 2 is 1.62 bits per heavy atom. The van der Waals surface area contributed by atoms with Gasteiger partial charge in [0.1, 0.15) is 50.9 Å². The third-order valence-corrected chi connectivity index (χ3v) is 4.67. The molecule has 1 heterocycles. The number of benzene rings is 2. The molecular weight excluding hydrogens is 333 g/mol. The molecule has 138 valence electrons. The Bertz CT molecular complexity index is 686. The second-order valence-corrected chi connectivity index (χ2v) is 6.64. The predicted octanol–water partition coefficient (Wildman–Crippen LogP) is -0.373. The van der Waals surface area contributed by atoms with Gasteiger partial charge in [-0.25, -0.2) is 4.39 Å². The lowest BCUT2D eigenvalue weighted by Gasteiger charge is -2.29. The lowest BCUT2D eigenvalue weighted by molar-refractivity contribution is -1.01. The Balaban J connectivity index is 1.33. The number of piperazine rings is 1. The summed E-state index contributed by atoms with van der Waals surface area (Å²) in [6, 6.07) is 15.7. The molecule has 0 saturated carbocycles. The molecule has 2 aromatic rings. The lowest BCUT2D eigenvalue weighted by Crippen LogP contribution is -3.28. The predicted molar refractivity (Wildman–Crippen MR) is 98.1 cm³/mol. The maximum atomic E-state index is 12.9. The summed E-state index contributed by atoms with van der Waals surface area (Å²) in [5.41, 5.74) is 0.637. The van der Waals surface area contributed by atoms with Crippen molar-refractivity contribution < 1.29 is 23.7 Å². The highest BCUT2D eigenvalue weighted by Gasteiger charge is 2.24. The van der Waals surface area contributed by atoms with E-state index in [9.17, 15) is 9.18 Å². The highest BCUT2D eigenvalue weighted by Crippen LogP contribution is 2.08. The first-order valence-electron chi connectivity index (χ1n) is 9.09. The van der Waals surface area contributed by atoms with E-state index in [0.29, 0.717) is 18.8 Å². The fraction of sp³-hybridized carbons (Fsp3) is 0.350. The molecule has 0 spiro atoms. The molecule has 0 aromatic heterocycles. The average Bonchev–Trinajstić information content (AvgIpc) is 2.66. The minimum atomic E-state index is -0.302. The summed E-state index contributed by atoms with van der Waals surface area (Å²) in [5, 5.41) is 2.83. The first-order chi connectivity index (χ1) is 12.7. The summed E-state index contributed by atoms with van der Waals surface area (Å²) in [6.45, 7) is 6.15. The van der Waals surface area contributed by atoms with Gasteiger partial charge in [-0.3, -0.25) is 4.79 Å². The van der Waals surface area contributed by atoms with Crippen molar-refractivity contribution in [3.05, 3.63) is 60.4 Å². The van der Waals surface area contributed by atoms with Crippen molar-refractivity contribution in [2.45, 2.75) is 0 Å². The largest absolute Gasteiger partial charge is 0.488 e. The van der Waals surface area contributed by atoms with Gasteiger partial charge in [0.25, 0.3) is 5.91 Å². The molecule has 1 aliphatic heterocycles. The molecule has 26 heavy (non-hydrogen) atoms. The van der Waals surface area contributed by atoms with Gasteiger partial charge in [-0.2, -0.15) is 0 Å². The number of halogens is 1. The standard InChI is InChI=1S/C20H24FN3O2/c21-17-6-8-18(9-7-17)22-20(25)16-24-12-10-23(11-13-24)14-15-26-19-4-2-1-3-5-19/h1-9H,10-16H2,(H,22,25)/p+2. The number of quaternary nitrogens is 2. The number of anilines is 1. The molecule has 0 atom stereocenters. The minimum Gasteiger partial charge on any atom is -0.488 e. The lowest BCUT2D eigenvalue weighted by atomic mass is 10.3. The van der Waals surface area contributed by atoms with Gasteiger partial charge in [-0.05, 0) is 36.4 Å². The van der Waals surface area contributed by atoms with Gasteiger partial charge in [0, 0.05) is 5.69 Å². The number of rotatable bonds is 7. The summed E-state index contributed by atoms with van der Waals surface area (Å²) in [7, 11) is 0. The van der Waals surface area contributed by atoms with Gasteiger partial charge in [-0.1, -0.05) is 18.2 Å². The summed E-state index contributed by atoms with van der Waals surface area (Å²) in [4.78, 5) is 14.9. The smallest absolute Gasteiger partial charge is 0.279 e. The minimum absolute atomic E-state index is 0.0255. The van der Waals surface area contributed by atoms with Gasteiger partial charge in [0.05, 0.1) is 0 Å². The zero-order valence-electron chi connectivity index (χ0n) is 14.8. The summed E-state index contributed by atoms with van der Waals surface area (Å²) in [6.07, 6.45) is 0. The number of carbonyl (C=O) groups excluding carboxylic acids is 1. The van der Waals surface area contributed by atoms with Gasteiger partial charge in [0.2, 0.25) is 0 Å². The molecule has 1 amide bonds. The summed E-state index contributed by atoms with van der Waals surface area (Å²) >= 11 is 0. The van der Waals surface area contributed by atoms with Crippen LogP contribution in [0.1, 0.15) is 0 Å². The molecule has 0 bridgehead atoms. The van der Waals surface area contributed by atoms with E-state index in [-0.39, 0.29) is 11.7 Å². The molecule has 0 aliphatic carbocycles. The summed E-state index contributed by atoms with van der Waals surface area (Å²) in [5.74, 6) is 0.583. The quantitative estimate of drug-likeness (QED) is 0.632. The van der Waals surface area contributed by atoms with E-state index >= 15 is 0 Å². The highest BCUT2D eigenvalue weighted by atomic mass is 19.1. The van der Waals surface area contributed by atoms with Crippen LogP contribution in [-0.4, -0.2) is 51.8 Å². The SMILES string of the molecule is O=C(C[NH+]1CC[NH+](CCOc2ccccc2)CC1)Nc1ccc(F)cc1. The molecule has 0 unspecified atom stereocenters. The van der Waals surface area contributed by atoms with Crippen LogP contribution in [0.5, 0.6) is 5.75 Å². The van der Waals surface area contributed by atoms with Gasteiger partial charge in [-0.15, -0.1) is 0 Å². The van der Waals surface area contributed by atoms with Crippen LogP contribution in [0.2, 0.25) is 0 Å². The van der Waals surface area contributed by atoms with Crippen LogP contribution in [0, 0.1) is 5.82 Å². The van der Waals surface area contributed by atoms with E-state index in [0.717, 1.165) is 38.5 Å². The monoisotopic (exact) mass is 359 g/mol. The van der Waals surface area contributed by atoms with Gasteiger partial charge < -0.3 is 19.9 Å². The molecule has 1 fully saturated rings. The zero-order chi connectivity index (χ0) is 18.2. The van der Waals surface area contributed by atoms with E-state index in [4.69, 9.17) is 4.74 Å². The van der Waals surface area contributed by atoms with E-state index in [2.05, 4.69) is 5.32 Å². The number of hydrogen-bond acceptors (Lipinski definition) is 2. The van der Waals surface area contributed by atoms with Crippen LogP contribution >= 0.6 is 0 Å². The molecule has 6 heteroatoms. The van der Waals surface area contributed by atoms with Gasteiger partial charge >= 0.3 is 0 Å². The number of hydrogen-bond donors (Lipinski definition) is 3. The van der Waals surface area contributed by atoms with Crippen molar-refractivity contribution in [2.24, 2.45) is 0 Å². The maximum Gasteiger partial charge on any atom is 0.279 e. The first-order valence-corrected chi connectivity index (χ1v) is 9.09. The van der Waals surface area contributed by atoms with Crippen molar-refractivity contribution in [1.29, 1.82) is 0 Å². The Morgan fingerprint density at radius 1 is 0.962 bits per heavy atom. The van der Waals surface area contributed by atoms with Crippen molar-refractivity contribution in [2.75, 3.05) is 51.2 Å². The fourth-order valence-corrected chi connectivity index (χ4v) is 3.18. The zero-order valence-corrected chi connectivity index (χ0v) is 14.8. The summed E-state index contributed by atoms with van der Waals surface area (Å²) < 4.78 is 18.6. The molecule has 3 N–H and O–H groups in total. The van der Waals surface area contributed by atoms with Crippen LogP contribution in [0.3, 0.4) is 0 Å². The topological polar surface area (TPSA) is 47.2 Å². The molecule has 2 aromatic carbocycles. The number of carbonyl (C=O) groups is 1. The first kappa shape index (κ1) is 18.4.